The van der Waals surface area contributed by atoms with Crippen molar-refractivity contribution in [3.8, 4) is 5.75 Å². The molecule has 14 heteroatoms. The molecular weight excluding hydrogens is 610 g/mol. The largest absolute Gasteiger partial charge is 0.488 e. The quantitative estimate of drug-likeness (QED) is 0.242. The molecule has 0 fully saturated rings. The molecule has 0 aliphatic carbocycles. The third-order valence-electron chi connectivity index (χ3n) is 7.54. The Hall–Kier alpha value is -4.85. The van der Waals surface area contributed by atoms with E-state index in [1.807, 2.05) is 6.92 Å². The first-order chi connectivity index (χ1) is 21.7. The van der Waals surface area contributed by atoms with E-state index in [2.05, 4.69) is 16.0 Å². The zero-order valence-electron chi connectivity index (χ0n) is 25.4. The number of carbonyl (C=O) groups is 3. The first-order valence-corrected chi connectivity index (χ1v) is 14.5. The highest BCUT2D eigenvalue weighted by Crippen LogP contribution is 2.31. The fraction of sp³-hybridized carbons (Fsp3) is 0.344. The first-order valence-electron chi connectivity index (χ1n) is 14.5. The van der Waals surface area contributed by atoms with Crippen molar-refractivity contribution in [1.82, 2.24) is 9.80 Å². The Labute approximate surface area is 263 Å². The lowest BCUT2D eigenvalue weighted by Crippen LogP contribution is -2.48. The number of nitrogens with one attached hydrogen (secondary N) is 3. The van der Waals surface area contributed by atoms with Gasteiger partial charge in [-0.2, -0.15) is 13.2 Å². The van der Waals surface area contributed by atoms with Crippen molar-refractivity contribution in [2.45, 2.75) is 38.6 Å². The van der Waals surface area contributed by atoms with Gasteiger partial charge in [0.1, 0.15) is 17.7 Å². The fourth-order valence-corrected chi connectivity index (χ4v) is 4.87. The number of anilines is 3. The van der Waals surface area contributed by atoms with Crippen LogP contribution in [0.4, 0.5) is 44.2 Å². The molecule has 4 rings (SSSR count). The summed E-state index contributed by atoms with van der Waals surface area (Å²) in [6.07, 6.45) is -5.23. The van der Waals surface area contributed by atoms with E-state index < -0.39 is 41.8 Å². The molecule has 1 aliphatic rings. The average Bonchev–Trinajstić information content (AvgIpc) is 3.05. The van der Waals surface area contributed by atoms with Gasteiger partial charge in [0.05, 0.1) is 31.2 Å². The summed E-state index contributed by atoms with van der Waals surface area (Å²) in [5.41, 5.74) is 0.427. The van der Waals surface area contributed by atoms with Crippen LogP contribution in [-0.4, -0.2) is 71.8 Å². The number of alkyl halides is 3. The number of hydrogen-bond donors (Lipinski definition) is 4. The molecule has 3 atom stereocenters. The van der Waals surface area contributed by atoms with Gasteiger partial charge in [0, 0.05) is 42.1 Å². The van der Waals surface area contributed by atoms with Crippen LogP contribution in [0.1, 0.15) is 25.0 Å². The molecule has 0 saturated heterocycles. The van der Waals surface area contributed by atoms with Crippen LogP contribution in [0.25, 0.3) is 0 Å². The summed E-state index contributed by atoms with van der Waals surface area (Å²) in [4.78, 5) is 42.0. The van der Waals surface area contributed by atoms with Gasteiger partial charge in [-0.1, -0.05) is 6.92 Å². The normalized spacial score (nSPS) is 17.4. The molecule has 3 aromatic rings. The number of benzene rings is 3. The SMILES string of the molecule is C[C@H]1CN([C@@H](C)CO)C(=O)Cc2cc(NC(=O)Nc3ccc(C(F)(F)F)cc3)ccc2O[C@H]1CN(C)C(=O)Nc1ccc(F)cc1. The second kappa shape index (κ2) is 14.5. The summed E-state index contributed by atoms with van der Waals surface area (Å²) in [5.74, 6) is -0.665. The molecular formula is C32H35F4N5O5. The maximum absolute atomic E-state index is 13.4. The van der Waals surface area contributed by atoms with Crippen molar-refractivity contribution in [2.75, 3.05) is 42.7 Å². The summed E-state index contributed by atoms with van der Waals surface area (Å²) < 4.78 is 58.2. The summed E-state index contributed by atoms with van der Waals surface area (Å²) >= 11 is 0. The molecule has 1 heterocycles. The number of nitrogens with zero attached hydrogens (tertiary/aromatic N) is 2. The molecule has 10 nitrogen and oxygen atoms in total. The van der Waals surface area contributed by atoms with Crippen LogP contribution in [0.2, 0.25) is 0 Å². The van der Waals surface area contributed by atoms with E-state index in [0.717, 1.165) is 24.3 Å². The van der Waals surface area contributed by atoms with Crippen LogP contribution in [-0.2, 0) is 17.4 Å². The van der Waals surface area contributed by atoms with Crippen molar-refractivity contribution in [3.63, 3.8) is 0 Å². The number of likely N-dealkylation sites (N-methyl/N-ethyl adjacent to an activating group) is 1. The fourth-order valence-electron chi connectivity index (χ4n) is 4.87. The van der Waals surface area contributed by atoms with Crippen LogP contribution >= 0.6 is 0 Å². The number of urea groups is 2. The van der Waals surface area contributed by atoms with Crippen LogP contribution in [0.15, 0.2) is 66.7 Å². The van der Waals surface area contributed by atoms with Crippen molar-refractivity contribution in [2.24, 2.45) is 5.92 Å². The molecule has 0 saturated carbocycles. The van der Waals surface area contributed by atoms with Gasteiger partial charge in [0.2, 0.25) is 5.91 Å². The Bertz CT molecular complexity index is 1540. The van der Waals surface area contributed by atoms with E-state index in [4.69, 9.17) is 4.74 Å². The van der Waals surface area contributed by atoms with Crippen LogP contribution < -0.4 is 20.7 Å². The van der Waals surface area contributed by atoms with E-state index >= 15 is 0 Å². The molecule has 0 radical (unpaired) electrons. The number of carbonyl (C=O) groups excluding carboxylic acids is 3. The maximum Gasteiger partial charge on any atom is 0.416 e. The standard InChI is InChI=1S/C32H35F4N5O5/c1-19-16-41(20(2)18-42)29(43)15-21-14-26(38-30(44)37-24-8-4-22(5-9-24)32(34,35)36)12-13-27(21)46-28(19)17-40(3)31(45)39-25-10-6-23(33)7-11-25/h4-14,19-20,28,42H,15-18H2,1-3H3,(H,39,45)(H2,37,38,44)/t19-,20-,28-/m0/s1. The monoisotopic (exact) mass is 645 g/mol. The van der Waals surface area contributed by atoms with Crippen molar-refractivity contribution in [1.29, 1.82) is 0 Å². The Balaban J connectivity index is 1.53. The van der Waals surface area contributed by atoms with Gasteiger partial charge in [0.25, 0.3) is 0 Å². The highest BCUT2D eigenvalue weighted by atomic mass is 19.4. The van der Waals surface area contributed by atoms with Gasteiger partial charge in [-0.3, -0.25) is 4.79 Å². The Kier molecular flexibility index (Phi) is 10.7. The second-order valence-electron chi connectivity index (χ2n) is 11.2. The molecule has 0 aromatic heterocycles. The molecule has 1 aliphatic heterocycles. The van der Waals surface area contributed by atoms with Crippen molar-refractivity contribution in [3.05, 3.63) is 83.7 Å². The molecule has 3 aromatic carbocycles. The molecule has 4 N–H and O–H groups in total. The predicted molar refractivity (Wildman–Crippen MR) is 164 cm³/mol. The number of aliphatic hydroxyl groups excluding tert-OH is 1. The van der Waals surface area contributed by atoms with Crippen molar-refractivity contribution >= 4 is 35.0 Å². The lowest BCUT2D eigenvalue weighted by Gasteiger charge is -2.34. The molecule has 0 spiro atoms. The molecule has 246 valence electrons. The van der Waals surface area contributed by atoms with E-state index in [-0.39, 0.29) is 43.6 Å². The molecule has 0 unspecified atom stereocenters. The van der Waals surface area contributed by atoms with E-state index in [0.29, 0.717) is 22.7 Å². The van der Waals surface area contributed by atoms with Crippen LogP contribution in [0, 0.1) is 11.7 Å². The zero-order valence-corrected chi connectivity index (χ0v) is 25.4. The van der Waals surface area contributed by atoms with Gasteiger partial charge in [-0.25, -0.2) is 14.0 Å². The lowest BCUT2D eigenvalue weighted by molar-refractivity contribution is -0.137. The number of fused-ring (bicyclic) bond motifs is 1. The second-order valence-corrected chi connectivity index (χ2v) is 11.2. The van der Waals surface area contributed by atoms with Gasteiger partial charge >= 0.3 is 18.2 Å². The summed E-state index contributed by atoms with van der Waals surface area (Å²) in [7, 11) is 1.57. The van der Waals surface area contributed by atoms with Crippen LogP contribution in [0.5, 0.6) is 5.75 Å². The highest BCUT2D eigenvalue weighted by molar-refractivity contribution is 6.00. The third kappa shape index (κ3) is 8.87. The average molecular weight is 646 g/mol. The van der Waals surface area contributed by atoms with E-state index in [1.54, 1.807) is 37.1 Å². The molecule has 46 heavy (non-hydrogen) atoms. The topological polar surface area (TPSA) is 123 Å². The minimum atomic E-state index is -4.51. The smallest absolute Gasteiger partial charge is 0.416 e. The van der Waals surface area contributed by atoms with E-state index in [9.17, 15) is 37.1 Å². The van der Waals surface area contributed by atoms with Gasteiger partial charge in [-0.05, 0) is 73.7 Å². The Morgan fingerprint density at radius 1 is 1.00 bits per heavy atom. The summed E-state index contributed by atoms with van der Waals surface area (Å²) in [6.45, 7) is 3.65. The maximum atomic E-state index is 13.4. The Morgan fingerprint density at radius 3 is 2.22 bits per heavy atom. The minimum absolute atomic E-state index is 0.110. The van der Waals surface area contributed by atoms with Crippen LogP contribution in [0.3, 0.4) is 0 Å². The third-order valence-corrected chi connectivity index (χ3v) is 7.54. The number of hydrogen-bond acceptors (Lipinski definition) is 5. The Morgan fingerprint density at radius 2 is 1.59 bits per heavy atom. The molecule has 0 bridgehead atoms. The predicted octanol–water partition coefficient (Wildman–Crippen LogP) is 5.80. The number of halogens is 4. The number of aliphatic hydroxyl groups is 1. The summed E-state index contributed by atoms with van der Waals surface area (Å²) in [5, 5.41) is 17.6. The van der Waals surface area contributed by atoms with Crippen molar-refractivity contribution < 1.29 is 41.8 Å². The first kappa shape index (κ1) is 34.0. The zero-order chi connectivity index (χ0) is 33.6. The van der Waals surface area contributed by atoms with Gasteiger partial charge < -0.3 is 35.6 Å². The number of rotatable bonds is 7. The minimum Gasteiger partial charge on any atom is -0.488 e. The lowest BCUT2D eigenvalue weighted by atomic mass is 10.0. The van der Waals surface area contributed by atoms with E-state index in [1.165, 1.54) is 29.2 Å². The van der Waals surface area contributed by atoms with Gasteiger partial charge in [0.15, 0.2) is 0 Å². The highest BCUT2D eigenvalue weighted by Gasteiger charge is 2.32. The molecule has 5 amide bonds. The van der Waals surface area contributed by atoms with Gasteiger partial charge in [-0.15, -0.1) is 0 Å². The number of ether oxygens (including phenoxy) is 1. The summed E-state index contributed by atoms with van der Waals surface area (Å²) in [6, 6.07) is 12.3. The number of amides is 5.